The molecule has 1 saturated heterocycles. The van der Waals surface area contributed by atoms with Crippen molar-refractivity contribution in [3.63, 3.8) is 0 Å². The number of rotatable bonds is 6. The van der Waals surface area contributed by atoms with Crippen LogP contribution in [0.3, 0.4) is 0 Å². The van der Waals surface area contributed by atoms with Crippen molar-refractivity contribution in [2.24, 2.45) is 0 Å². The first-order chi connectivity index (χ1) is 11.6. The zero-order chi connectivity index (χ0) is 17.1. The molecule has 0 saturated carbocycles. The minimum Gasteiger partial charge on any atom is -0.381 e. The van der Waals surface area contributed by atoms with Crippen LogP contribution in [0, 0.1) is 13.8 Å². The SMILES string of the molecule is CNc1nc([C@@H]2CCOC2)cc(N(C)CCc2c(C)n[nH]c2C)n1. The number of H-pyrrole nitrogens is 1. The number of nitrogens with zero attached hydrogens (tertiary/aromatic N) is 4. The average molecular weight is 330 g/mol. The highest BCUT2D eigenvalue weighted by Gasteiger charge is 2.21. The second-order valence-electron chi connectivity index (χ2n) is 6.37. The van der Waals surface area contributed by atoms with Gasteiger partial charge in [0.2, 0.25) is 5.95 Å². The van der Waals surface area contributed by atoms with E-state index in [4.69, 9.17) is 4.74 Å². The number of hydrogen-bond donors (Lipinski definition) is 2. The largest absolute Gasteiger partial charge is 0.381 e. The van der Waals surface area contributed by atoms with Crippen LogP contribution >= 0.6 is 0 Å². The number of ether oxygens (including phenoxy) is 1. The van der Waals surface area contributed by atoms with Gasteiger partial charge in [0, 0.05) is 44.9 Å². The highest BCUT2D eigenvalue weighted by Crippen LogP contribution is 2.27. The Morgan fingerprint density at radius 1 is 1.38 bits per heavy atom. The van der Waals surface area contributed by atoms with Crippen LogP contribution in [0.25, 0.3) is 0 Å². The summed E-state index contributed by atoms with van der Waals surface area (Å²) in [7, 11) is 3.92. The van der Waals surface area contributed by atoms with Gasteiger partial charge in [-0.05, 0) is 32.3 Å². The number of anilines is 2. The van der Waals surface area contributed by atoms with Crippen molar-refractivity contribution in [3.05, 3.63) is 28.7 Å². The van der Waals surface area contributed by atoms with Gasteiger partial charge in [-0.25, -0.2) is 4.98 Å². The summed E-state index contributed by atoms with van der Waals surface area (Å²) < 4.78 is 5.50. The first kappa shape index (κ1) is 16.7. The Labute approximate surface area is 142 Å². The predicted molar refractivity (Wildman–Crippen MR) is 94.8 cm³/mol. The van der Waals surface area contributed by atoms with Crippen molar-refractivity contribution >= 4 is 11.8 Å². The first-order valence-corrected chi connectivity index (χ1v) is 8.44. The van der Waals surface area contributed by atoms with Crippen LogP contribution in [0.1, 0.15) is 35.0 Å². The van der Waals surface area contributed by atoms with Gasteiger partial charge in [0.15, 0.2) is 0 Å². The summed E-state index contributed by atoms with van der Waals surface area (Å²) in [6.07, 6.45) is 1.96. The Bertz CT molecular complexity index is 673. The van der Waals surface area contributed by atoms with E-state index in [0.717, 1.165) is 55.5 Å². The molecule has 7 heteroatoms. The highest BCUT2D eigenvalue weighted by molar-refractivity contribution is 5.45. The van der Waals surface area contributed by atoms with Crippen molar-refractivity contribution in [2.75, 3.05) is 44.1 Å². The summed E-state index contributed by atoms with van der Waals surface area (Å²) in [5.74, 6) is 1.97. The molecule has 1 aliphatic rings. The molecular weight excluding hydrogens is 304 g/mol. The van der Waals surface area contributed by atoms with Gasteiger partial charge in [-0.2, -0.15) is 10.1 Å². The highest BCUT2D eigenvalue weighted by atomic mass is 16.5. The standard InChI is InChI=1S/C17H26N6O/c1-11-14(12(2)22-21-11)5-7-23(4)16-9-15(13-6-8-24-10-13)19-17(18-3)20-16/h9,13H,5-8,10H2,1-4H3,(H,21,22)(H,18,19,20)/t13-/m1/s1. The summed E-state index contributed by atoms with van der Waals surface area (Å²) in [5, 5.41) is 10.4. The second kappa shape index (κ2) is 7.17. The monoisotopic (exact) mass is 330 g/mol. The molecule has 0 spiro atoms. The lowest BCUT2D eigenvalue weighted by molar-refractivity contribution is 0.193. The molecule has 0 unspecified atom stereocenters. The van der Waals surface area contributed by atoms with E-state index in [1.54, 1.807) is 0 Å². The maximum atomic E-state index is 5.50. The van der Waals surface area contributed by atoms with Crippen molar-refractivity contribution in [1.82, 2.24) is 20.2 Å². The quantitative estimate of drug-likeness (QED) is 0.844. The van der Waals surface area contributed by atoms with Gasteiger partial charge in [0.05, 0.1) is 18.0 Å². The Kier molecular flexibility index (Phi) is 4.99. The zero-order valence-electron chi connectivity index (χ0n) is 14.9. The van der Waals surface area contributed by atoms with Crippen molar-refractivity contribution in [2.45, 2.75) is 32.6 Å². The average Bonchev–Trinajstić information content (AvgIpc) is 3.23. The van der Waals surface area contributed by atoms with Gasteiger partial charge >= 0.3 is 0 Å². The molecule has 3 rings (SSSR count). The van der Waals surface area contributed by atoms with E-state index in [2.05, 4.69) is 50.4 Å². The Morgan fingerprint density at radius 2 is 2.21 bits per heavy atom. The molecule has 0 amide bonds. The topological polar surface area (TPSA) is 79.0 Å². The van der Waals surface area contributed by atoms with Gasteiger partial charge in [0.25, 0.3) is 0 Å². The van der Waals surface area contributed by atoms with Crippen molar-refractivity contribution in [3.8, 4) is 0 Å². The lowest BCUT2D eigenvalue weighted by Gasteiger charge is -2.20. The Morgan fingerprint density at radius 3 is 2.83 bits per heavy atom. The summed E-state index contributed by atoms with van der Waals surface area (Å²) in [5.41, 5.74) is 4.56. The molecule has 7 nitrogen and oxygen atoms in total. The van der Waals surface area contributed by atoms with Gasteiger partial charge in [-0.15, -0.1) is 0 Å². The fourth-order valence-electron chi connectivity index (χ4n) is 3.07. The number of nitrogens with one attached hydrogen (secondary N) is 2. The summed E-state index contributed by atoms with van der Waals surface area (Å²) >= 11 is 0. The fourth-order valence-corrected chi connectivity index (χ4v) is 3.07. The lowest BCUT2D eigenvalue weighted by Crippen LogP contribution is -2.23. The molecule has 0 aromatic carbocycles. The molecule has 24 heavy (non-hydrogen) atoms. The number of aromatic nitrogens is 4. The second-order valence-corrected chi connectivity index (χ2v) is 6.37. The number of hydrogen-bond acceptors (Lipinski definition) is 6. The molecule has 3 heterocycles. The van der Waals surface area contributed by atoms with E-state index in [1.165, 1.54) is 5.56 Å². The van der Waals surface area contributed by atoms with Crippen LogP contribution in [0.15, 0.2) is 6.07 Å². The summed E-state index contributed by atoms with van der Waals surface area (Å²) in [6, 6.07) is 2.09. The third-order valence-corrected chi connectivity index (χ3v) is 4.67. The normalized spacial score (nSPS) is 17.2. The smallest absolute Gasteiger partial charge is 0.224 e. The Balaban J connectivity index is 1.75. The van der Waals surface area contributed by atoms with Gasteiger partial charge in [-0.1, -0.05) is 0 Å². The van der Waals surface area contributed by atoms with E-state index in [0.29, 0.717) is 11.9 Å². The molecule has 0 radical (unpaired) electrons. The predicted octanol–water partition coefficient (Wildman–Crippen LogP) is 2.04. The van der Waals surface area contributed by atoms with E-state index < -0.39 is 0 Å². The number of likely N-dealkylation sites (N-methyl/N-ethyl adjacent to an activating group) is 1. The van der Waals surface area contributed by atoms with E-state index in [1.807, 2.05) is 14.0 Å². The molecule has 2 N–H and O–H groups in total. The zero-order valence-corrected chi connectivity index (χ0v) is 14.9. The molecule has 1 fully saturated rings. The van der Waals surface area contributed by atoms with Gasteiger partial charge < -0.3 is 15.0 Å². The fraction of sp³-hybridized carbons (Fsp3) is 0.588. The van der Waals surface area contributed by atoms with Gasteiger partial charge in [-0.3, -0.25) is 5.10 Å². The maximum absolute atomic E-state index is 5.50. The van der Waals surface area contributed by atoms with Crippen molar-refractivity contribution in [1.29, 1.82) is 0 Å². The molecule has 1 atom stereocenters. The molecule has 0 aliphatic carbocycles. The van der Waals surface area contributed by atoms with Crippen LogP contribution in [0.2, 0.25) is 0 Å². The van der Waals surface area contributed by atoms with E-state index >= 15 is 0 Å². The minimum absolute atomic E-state index is 0.366. The van der Waals surface area contributed by atoms with Crippen LogP contribution < -0.4 is 10.2 Å². The molecular formula is C17H26N6O. The molecule has 130 valence electrons. The van der Waals surface area contributed by atoms with Crippen molar-refractivity contribution < 1.29 is 4.74 Å². The third kappa shape index (κ3) is 3.51. The molecule has 0 bridgehead atoms. The number of aromatic amines is 1. The Hall–Kier alpha value is -2.15. The summed E-state index contributed by atoms with van der Waals surface area (Å²) in [4.78, 5) is 11.4. The van der Waals surface area contributed by atoms with Gasteiger partial charge in [0.1, 0.15) is 5.82 Å². The van der Waals surface area contributed by atoms with Crippen LogP contribution in [-0.4, -0.2) is 54.0 Å². The van der Waals surface area contributed by atoms with Crippen LogP contribution in [0.4, 0.5) is 11.8 Å². The first-order valence-electron chi connectivity index (χ1n) is 8.44. The minimum atomic E-state index is 0.366. The van der Waals surface area contributed by atoms with Crippen LogP contribution in [-0.2, 0) is 11.2 Å². The molecule has 1 aliphatic heterocycles. The summed E-state index contributed by atoms with van der Waals surface area (Å²) in [6.45, 7) is 6.55. The lowest BCUT2D eigenvalue weighted by atomic mass is 10.0. The van der Waals surface area contributed by atoms with Crippen LogP contribution in [0.5, 0.6) is 0 Å². The third-order valence-electron chi connectivity index (χ3n) is 4.67. The molecule has 2 aromatic heterocycles. The molecule has 2 aromatic rings. The van der Waals surface area contributed by atoms with E-state index in [9.17, 15) is 0 Å². The maximum Gasteiger partial charge on any atom is 0.224 e. The number of aryl methyl sites for hydroxylation is 2. The van der Waals surface area contributed by atoms with E-state index in [-0.39, 0.29) is 0 Å².